The van der Waals surface area contributed by atoms with Gasteiger partial charge < -0.3 is 5.11 Å². The van der Waals surface area contributed by atoms with Crippen molar-refractivity contribution < 1.29 is 9.90 Å². The van der Waals surface area contributed by atoms with Crippen molar-refractivity contribution in [1.29, 1.82) is 0 Å². The lowest BCUT2D eigenvalue weighted by molar-refractivity contribution is -0.131. The molecule has 68 valence electrons. The Morgan fingerprint density at radius 3 is 2.92 bits per heavy atom. The van der Waals surface area contributed by atoms with Crippen LogP contribution in [-0.4, -0.2) is 16.1 Å². The lowest BCUT2D eigenvalue weighted by atomic mass is 10.2. The van der Waals surface area contributed by atoms with E-state index in [0.29, 0.717) is 0 Å². The van der Waals surface area contributed by atoms with Crippen LogP contribution in [0.25, 0.3) is 6.08 Å². The maximum Gasteiger partial charge on any atom is 0.328 e. The summed E-state index contributed by atoms with van der Waals surface area (Å²) in [7, 11) is 0. The summed E-state index contributed by atoms with van der Waals surface area (Å²) in [6.45, 7) is 1.87. The molecule has 1 heterocycles. The van der Waals surface area contributed by atoms with E-state index in [4.69, 9.17) is 5.11 Å². The van der Waals surface area contributed by atoms with E-state index < -0.39 is 5.97 Å². The summed E-state index contributed by atoms with van der Waals surface area (Å²) in [4.78, 5) is 14.3. The first kappa shape index (κ1) is 9.92. The molecule has 0 spiro atoms. The molecular weight excluding hydrogens is 234 g/mol. The molecule has 1 N–H and O–H groups in total. The maximum atomic E-state index is 10.2. The topological polar surface area (TPSA) is 50.2 Å². The lowest BCUT2D eigenvalue weighted by Gasteiger charge is -1.97. The van der Waals surface area contributed by atoms with E-state index in [1.807, 2.05) is 13.0 Å². The molecule has 0 saturated carbocycles. The number of aliphatic carboxylic acids is 1. The SMILES string of the molecule is Cc1ncc(C=CC(=O)O)cc1Br. The minimum absolute atomic E-state index is 0.764. The van der Waals surface area contributed by atoms with E-state index in [1.165, 1.54) is 6.08 Å². The number of nitrogens with zero attached hydrogens (tertiary/aromatic N) is 1. The summed E-state index contributed by atoms with van der Waals surface area (Å²) in [5.74, 6) is -0.961. The van der Waals surface area contributed by atoms with Crippen LogP contribution in [0.3, 0.4) is 0 Å². The number of carboxylic acid groups (broad SMARTS) is 1. The minimum Gasteiger partial charge on any atom is -0.478 e. The van der Waals surface area contributed by atoms with Gasteiger partial charge >= 0.3 is 5.97 Å². The number of pyridine rings is 1. The highest BCUT2D eigenvalue weighted by atomic mass is 79.9. The Bertz CT molecular complexity index is 361. The van der Waals surface area contributed by atoms with Crippen LogP contribution in [0.1, 0.15) is 11.3 Å². The largest absolute Gasteiger partial charge is 0.478 e. The van der Waals surface area contributed by atoms with E-state index in [1.54, 1.807) is 6.20 Å². The predicted molar refractivity (Wildman–Crippen MR) is 53.3 cm³/mol. The van der Waals surface area contributed by atoms with Crippen molar-refractivity contribution in [1.82, 2.24) is 4.98 Å². The normalized spacial score (nSPS) is 10.6. The van der Waals surface area contributed by atoms with Gasteiger partial charge in [-0.15, -0.1) is 0 Å². The average Bonchev–Trinajstić information content (AvgIpc) is 2.07. The second-order valence-corrected chi connectivity index (χ2v) is 3.36. The molecule has 0 aliphatic heterocycles. The molecule has 0 aliphatic carbocycles. The van der Waals surface area contributed by atoms with Crippen LogP contribution >= 0.6 is 15.9 Å². The van der Waals surface area contributed by atoms with Crippen LogP contribution in [0.15, 0.2) is 22.8 Å². The first-order valence-corrected chi connectivity index (χ1v) is 4.42. The molecular formula is C9H8BrNO2. The predicted octanol–water partition coefficient (Wildman–Crippen LogP) is 2.25. The summed E-state index contributed by atoms with van der Waals surface area (Å²) in [6.07, 6.45) is 4.21. The van der Waals surface area contributed by atoms with Crippen molar-refractivity contribution in [3.8, 4) is 0 Å². The Hall–Kier alpha value is -1.16. The number of rotatable bonds is 2. The van der Waals surface area contributed by atoms with Gasteiger partial charge in [0, 0.05) is 16.7 Å². The second-order valence-electron chi connectivity index (χ2n) is 2.51. The number of aryl methyl sites for hydroxylation is 1. The van der Waals surface area contributed by atoms with Crippen LogP contribution in [0.2, 0.25) is 0 Å². The zero-order valence-electron chi connectivity index (χ0n) is 6.99. The van der Waals surface area contributed by atoms with Crippen molar-refractivity contribution in [3.63, 3.8) is 0 Å². The number of aromatic nitrogens is 1. The van der Waals surface area contributed by atoms with Crippen LogP contribution in [0.4, 0.5) is 0 Å². The number of hydrogen-bond donors (Lipinski definition) is 1. The highest BCUT2D eigenvalue weighted by molar-refractivity contribution is 9.10. The van der Waals surface area contributed by atoms with Crippen molar-refractivity contribution in [2.75, 3.05) is 0 Å². The van der Waals surface area contributed by atoms with Gasteiger partial charge in [0.25, 0.3) is 0 Å². The van der Waals surface area contributed by atoms with Gasteiger partial charge in [-0.2, -0.15) is 0 Å². The van der Waals surface area contributed by atoms with E-state index >= 15 is 0 Å². The third-order valence-corrected chi connectivity index (χ3v) is 2.27. The average molecular weight is 242 g/mol. The summed E-state index contributed by atoms with van der Waals surface area (Å²) >= 11 is 3.31. The third-order valence-electron chi connectivity index (χ3n) is 1.46. The van der Waals surface area contributed by atoms with Crippen LogP contribution in [0, 0.1) is 6.92 Å². The van der Waals surface area contributed by atoms with Crippen molar-refractivity contribution in [3.05, 3.63) is 34.1 Å². The highest BCUT2D eigenvalue weighted by Crippen LogP contribution is 2.15. The van der Waals surface area contributed by atoms with Crippen LogP contribution in [-0.2, 0) is 4.79 Å². The molecule has 13 heavy (non-hydrogen) atoms. The molecule has 0 aromatic carbocycles. The zero-order valence-corrected chi connectivity index (χ0v) is 8.58. The molecule has 0 bridgehead atoms. The Balaban J connectivity index is 2.92. The fourth-order valence-corrected chi connectivity index (χ4v) is 1.15. The molecule has 1 rings (SSSR count). The molecule has 1 aromatic heterocycles. The molecule has 0 radical (unpaired) electrons. The van der Waals surface area contributed by atoms with Gasteiger partial charge in [-0.1, -0.05) is 0 Å². The standard InChI is InChI=1S/C9H8BrNO2/c1-6-8(10)4-7(5-11-6)2-3-9(12)13/h2-5H,1H3,(H,12,13). The van der Waals surface area contributed by atoms with Crippen LogP contribution < -0.4 is 0 Å². The molecule has 0 aliphatic rings. The van der Waals surface area contributed by atoms with Gasteiger partial charge in [0.1, 0.15) is 0 Å². The number of halogens is 1. The fraction of sp³-hybridized carbons (Fsp3) is 0.111. The fourth-order valence-electron chi connectivity index (χ4n) is 0.780. The molecule has 1 aromatic rings. The molecule has 0 amide bonds. The zero-order chi connectivity index (χ0) is 9.84. The smallest absolute Gasteiger partial charge is 0.328 e. The van der Waals surface area contributed by atoms with Gasteiger partial charge in [0.05, 0.1) is 5.69 Å². The monoisotopic (exact) mass is 241 g/mol. The number of hydrogen-bond acceptors (Lipinski definition) is 2. The first-order valence-electron chi connectivity index (χ1n) is 3.63. The van der Waals surface area contributed by atoms with Gasteiger partial charge in [-0.05, 0) is 40.6 Å². The van der Waals surface area contributed by atoms with Gasteiger partial charge in [0.2, 0.25) is 0 Å². The maximum absolute atomic E-state index is 10.2. The quantitative estimate of drug-likeness (QED) is 0.809. The van der Waals surface area contributed by atoms with Crippen molar-refractivity contribution in [2.24, 2.45) is 0 Å². The summed E-state index contributed by atoms with van der Waals surface area (Å²) in [5.41, 5.74) is 1.65. The van der Waals surface area contributed by atoms with Gasteiger partial charge in [-0.3, -0.25) is 4.98 Å². The number of carbonyl (C=O) groups is 1. The first-order chi connectivity index (χ1) is 6.09. The Morgan fingerprint density at radius 2 is 2.38 bits per heavy atom. The Labute approximate surface area is 84.2 Å². The molecule has 0 unspecified atom stereocenters. The minimum atomic E-state index is -0.961. The van der Waals surface area contributed by atoms with Crippen molar-refractivity contribution in [2.45, 2.75) is 6.92 Å². The molecule has 0 atom stereocenters. The van der Waals surface area contributed by atoms with Gasteiger partial charge in [0.15, 0.2) is 0 Å². The van der Waals surface area contributed by atoms with E-state index in [-0.39, 0.29) is 0 Å². The Kier molecular flexibility index (Phi) is 3.19. The summed E-state index contributed by atoms with van der Waals surface area (Å²) in [6, 6.07) is 1.82. The lowest BCUT2D eigenvalue weighted by Crippen LogP contribution is -1.87. The van der Waals surface area contributed by atoms with E-state index in [9.17, 15) is 4.79 Å². The molecule has 0 fully saturated rings. The summed E-state index contributed by atoms with van der Waals surface area (Å²) in [5, 5.41) is 8.38. The molecule has 3 nitrogen and oxygen atoms in total. The van der Waals surface area contributed by atoms with Crippen molar-refractivity contribution >= 4 is 28.0 Å². The van der Waals surface area contributed by atoms with Gasteiger partial charge in [-0.25, -0.2) is 4.79 Å². The summed E-state index contributed by atoms with van der Waals surface area (Å²) < 4.78 is 0.875. The third kappa shape index (κ3) is 2.99. The second kappa shape index (κ2) is 4.18. The molecule has 4 heteroatoms. The number of carboxylic acids is 1. The van der Waals surface area contributed by atoms with Crippen LogP contribution in [0.5, 0.6) is 0 Å². The van der Waals surface area contributed by atoms with E-state index in [2.05, 4.69) is 20.9 Å². The molecule has 0 saturated heterocycles. The van der Waals surface area contributed by atoms with E-state index in [0.717, 1.165) is 21.8 Å². The highest BCUT2D eigenvalue weighted by Gasteiger charge is 1.96. The Morgan fingerprint density at radius 1 is 1.69 bits per heavy atom.